The SMILES string of the molecule is CC(C)CNC(=O)CSc1ccc(S(C)(=O)=O)cc1. The highest BCUT2D eigenvalue weighted by atomic mass is 32.2. The minimum absolute atomic E-state index is 0.00844. The van der Waals surface area contributed by atoms with Crippen LogP contribution in [0.2, 0.25) is 0 Å². The number of carbonyl (C=O) groups excluding carboxylic acids is 1. The molecule has 0 aliphatic heterocycles. The number of sulfone groups is 1. The van der Waals surface area contributed by atoms with Gasteiger partial charge in [-0.2, -0.15) is 0 Å². The molecule has 1 aromatic rings. The molecule has 0 aliphatic rings. The quantitative estimate of drug-likeness (QED) is 0.816. The van der Waals surface area contributed by atoms with Crippen LogP contribution in [0.5, 0.6) is 0 Å². The lowest BCUT2D eigenvalue weighted by Gasteiger charge is -2.07. The Morgan fingerprint density at radius 1 is 1.26 bits per heavy atom. The zero-order chi connectivity index (χ0) is 14.5. The third-order valence-corrected chi connectivity index (χ3v) is 4.47. The topological polar surface area (TPSA) is 63.2 Å². The molecule has 19 heavy (non-hydrogen) atoms. The van der Waals surface area contributed by atoms with Gasteiger partial charge in [0.05, 0.1) is 10.6 Å². The Bertz CT molecular complexity index is 521. The van der Waals surface area contributed by atoms with E-state index in [4.69, 9.17) is 0 Å². The Hall–Kier alpha value is -1.01. The first-order chi connectivity index (χ1) is 8.79. The van der Waals surface area contributed by atoms with Gasteiger partial charge in [-0.1, -0.05) is 13.8 Å². The summed E-state index contributed by atoms with van der Waals surface area (Å²) in [6.07, 6.45) is 1.18. The van der Waals surface area contributed by atoms with Crippen molar-refractivity contribution in [1.82, 2.24) is 5.32 Å². The lowest BCUT2D eigenvalue weighted by Crippen LogP contribution is -2.28. The fourth-order valence-corrected chi connectivity index (χ4v) is 2.66. The van der Waals surface area contributed by atoms with E-state index in [1.54, 1.807) is 24.3 Å². The highest BCUT2D eigenvalue weighted by Crippen LogP contribution is 2.19. The molecule has 0 saturated carbocycles. The number of nitrogens with one attached hydrogen (secondary N) is 1. The van der Waals surface area contributed by atoms with Crippen LogP contribution >= 0.6 is 11.8 Å². The standard InChI is InChI=1S/C13H19NO3S2/c1-10(2)8-14-13(15)9-18-11-4-6-12(7-5-11)19(3,16)17/h4-7,10H,8-9H2,1-3H3,(H,14,15). The molecule has 4 nitrogen and oxygen atoms in total. The summed E-state index contributed by atoms with van der Waals surface area (Å²) >= 11 is 1.39. The average molecular weight is 301 g/mol. The van der Waals surface area contributed by atoms with Crippen LogP contribution in [-0.2, 0) is 14.6 Å². The zero-order valence-electron chi connectivity index (χ0n) is 11.3. The number of hydrogen-bond donors (Lipinski definition) is 1. The van der Waals surface area contributed by atoms with Crippen molar-refractivity contribution >= 4 is 27.5 Å². The van der Waals surface area contributed by atoms with Crippen molar-refractivity contribution in [1.29, 1.82) is 0 Å². The monoisotopic (exact) mass is 301 g/mol. The van der Waals surface area contributed by atoms with Crippen LogP contribution in [0.3, 0.4) is 0 Å². The molecule has 0 atom stereocenters. The molecular formula is C13H19NO3S2. The van der Waals surface area contributed by atoms with E-state index in [0.717, 1.165) is 4.90 Å². The second-order valence-corrected chi connectivity index (χ2v) is 7.79. The van der Waals surface area contributed by atoms with Crippen LogP contribution in [-0.4, -0.2) is 32.9 Å². The molecule has 0 aliphatic carbocycles. The number of benzene rings is 1. The van der Waals surface area contributed by atoms with Gasteiger partial charge < -0.3 is 5.32 Å². The van der Waals surface area contributed by atoms with E-state index in [2.05, 4.69) is 5.32 Å². The van der Waals surface area contributed by atoms with Gasteiger partial charge in [0, 0.05) is 17.7 Å². The van der Waals surface area contributed by atoms with Gasteiger partial charge in [-0.15, -0.1) is 11.8 Å². The van der Waals surface area contributed by atoms with E-state index in [0.29, 0.717) is 23.1 Å². The largest absolute Gasteiger partial charge is 0.355 e. The van der Waals surface area contributed by atoms with Gasteiger partial charge in [-0.25, -0.2) is 8.42 Å². The summed E-state index contributed by atoms with van der Waals surface area (Å²) in [4.78, 5) is 12.7. The van der Waals surface area contributed by atoms with Crippen molar-refractivity contribution in [3.63, 3.8) is 0 Å². The van der Waals surface area contributed by atoms with Crippen molar-refractivity contribution in [2.24, 2.45) is 5.92 Å². The first-order valence-electron chi connectivity index (χ1n) is 5.98. The van der Waals surface area contributed by atoms with Crippen molar-refractivity contribution in [2.45, 2.75) is 23.6 Å². The van der Waals surface area contributed by atoms with E-state index in [9.17, 15) is 13.2 Å². The Labute approximate surface area is 118 Å². The van der Waals surface area contributed by atoms with Crippen LogP contribution in [0.4, 0.5) is 0 Å². The molecule has 0 fully saturated rings. The van der Waals surface area contributed by atoms with Gasteiger partial charge in [0.15, 0.2) is 9.84 Å². The average Bonchev–Trinajstić information content (AvgIpc) is 2.33. The van der Waals surface area contributed by atoms with Gasteiger partial charge in [0.2, 0.25) is 5.91 Å². The minimum Gasteiger partial charge on any atom is -0.355 e. The maximum atomic E-state index is 11.5. The summed E-state index contributed by atoms with van der Waals surface area (Å²) in [5.74, 6) is 0.763. The molecule has 1 amide bonds. The summed E-state index contributed by atoms with van der Waals surface area (Å²) < 4.78 is 22.6. The molecule has 106 valence electrons. The van der Waals surface area contributed by atoms with Crippen LogP contribution in [0.25, 0.3) is 0 Å². The summed E-state index contributed by atoms with van der Waals surface area (Å²) in [7, 11) is -3.16. The normalized spacial score (nSPS) is 11.6. The molecular weight excluding hydrogens is 282 g/mol. The van der Waals surface area contributed by atoms with Crippen LogP contribution < -0.4 is 5.32 Å². The van der Waals surface area contributed by atoms with Crippen LogP contribution in [0.1, 0.15) is 13.8 Å². The van der Waals surface area contributed by atoms with E-state index in [-0.39, 0.29) is 5.91 Å². The molecule has 1 N–H and O–H groups in total. The molecule has 0 radical (unpaired) electrons. The third kappa shape index (κ3) is 6.11. The Balaban J connectivity index is 2.48. The van der Waals surface area contributed by atoms with Crippen molar-refractivity contribution in [3.05, 3.63) is 24.3 Å². The molecule has 0 unspecified atom stereocenters. The molecule has 0 aromatic heterocycles. The maximum absolute atomic E-state index is 11.5. The predicted octanol–water partition coefficient (Wildman–Crippen LogP) is 1.95. The van der Waals surface area contributed by atoms with Crippen molar-refractivity contribution in [3.8, 4) is 0 Å². The van der Waals surface area contributed by atoms with Crippen LogP contribution in [0.15, 0.2) is 34.1 Å². The summed E-state index contributed by atoms with van der Waals surface area (Å²) in [6, 6.07) is 6.56. The predicted molar refractivity (Wildman–Crippen MR) is 78.1 cm³/mol. The number of rotatable bonds is 6. The molecule has 0 bridgehead atoms. The molecule has 0 heterocycles. The Kier molecular flexibility index (Phi) is 5.87. The highest BCUT2D eigenvalue weighted by molar-refractivity contribution is 8.00. The summed E-state index contributed by atoms with van der Waals surface area (Å²) in [5, 5.41) is 2.83. The van der Waals surface area contributed by atoms with Gasteiger partial charge in [-0.05, 0) is 30.2 Å². The van der Waals surface area contributed by atoms with E-state index < -0.39 is 9.84 Å². The molecule has 1 rings (SSSR count). The smallest absolute Gasteiger partial charge is 0.230 e. The van der Waals surface area contributed by atoms with E-state index in [1.807, 2.05) is 13.8 Å². The minimum atomic E-state index is -3.16. The molecule has 1 aromatic carbocycles. The molecule has 0 saturated heterocycles. The van der Waals surface area contributed by atoms with E-state index >= 15 is 0 Å². The number of thioether (sulfide) groups is 1. The number of amides is 1. The van der Waals surface area contributed by atoms with E-state index in [1.165, 1.54) is 18.0 Å². The van der Waals surface area contributed by atoms with Gasteiger partial charge in [-0.3, -0.25) is 4.79 Å². The second-order valence-electron chi connectivity index (χ2n) is 4.73. The number of carbonyl (C=O) groups is 1. The summed E-state index contributed by atoms with van der Waals surface area (Å²) in [5.41, 5.74) is 0. The van der Waals surface area contributed by atoms with Crippen molar-refractivity contribution < 1.29 is 13.2 Å². The highest BCUT2D eigenvalue weighted by Gasteiger charge is 2.07. The third-order valence-electron chi connectivity index (χ3n) is 2.33. The molecule has 6 heteroatoms. The van der Waals surface area contributed by atoms with Gasteiger partial charge >= 0.3 is 0 Å². The zero-order valence-corrected chi connectivity index (χ0v) is 13.0. The molecule has 0 spiro atoms. The van der Waals surface area contributed by atoms with Crippen molar-refractivity contribution in [2.75, 3.05) is 18.6 Å². The Morgan fingerprint density at radius 3 is 2.32 bits per heavy atom. The summed E-state index contributed by atoms with van der Waals surface area (Å²) in [6.45, 7) is 4.75. The second kappa shape index (κ2) is 6.96. The first kappa shape index (κ1) is 16.0. The number of hydrogen-bond acceptors (Lipinski definition) is 4. The van der Waals surface area contributed by atoms with Crippen LogP contribution in [0, 0.1) is 5.92 Å². The van der Waals surface area contributed by atoms with Gasteiger partial charge in [0.1, 0.15) is 0 Å². The fourth-order valence-electron chi connectivity index (χ4n) is 1.30. The maximum Gasteiger partial charge on any atom is 0.230 e. The lowest BCUT2D eigenvalue weighted by molar-refractivity contribution is -0.118. The lowest BCUT2D eigenvalue weighted by atomic mass is 10.2. The van der Waals surface area contributed by atoms with Gasteiger partial charge in [0.25, 0.3) is 0 Å². The first-order valence-corrected chi connectivity index (χ1v) is 8.86. The fraction of sp³-hybridized carbons (Fsp3) is 0.462. The Morgan fingerprint density at radius 2 is 1.84 bits per heavy atom.